The molecule has 1 unspecified atom stereocenters. The zero-order valence-electron chi connectivity index (χ0n) is 13.0. The van der Waals surface area contributed by atoms with Gasteiger partial charge >= 0.3 is 0 Å². The van der Waals surface area contributed by atoms with Crippen LogP contribution in [0.25, 0.3) is 0 Å². The second-order valence-corrected chi connectivity index (χ2v) is 6.80. The van der Waals surface area contributed by atoms with Crippen LogP contribution in [-0.2, 0) is 0 Å². The summed E-state index contributed by atoms with van der Waals surface area (Å²) in [5.41, 5.74) is 1.56. The standard InChI is InChI=1S/C17H28ClN/c1-6-13(7-2)16(12-19-17(3,4)5)14-8-10-15(18)11-9-14/h8-11,13,16,19H,6-7,12H2,1-5H3. The molecule has 0 aliphatic carbocycles. The van der Waals surface area contributed by atoms with Crippen LogP contribution in [0.5, 0.6) is 0 Å². The quantitative estimate of drug-likeness (QED) is 0.751. The third-order valence-electron chi connectivity index (χ3n) is 3.77. The fourth-order valence-corrected chi connectivity index (χ4v) is 2.67. The van der Waals surface area contributed by atoms with E-state index in [1.54, 1.807) is 0 Å². The lowest BCUT2D eigenvalue weighted by molar-refractivity contribution is 0.335. The molecule has 1 nitrogen and oxygen atoms in total. The van der Waals surface area contributed by atoms with Crippen molar-refractivity contribution in [1.82, 2.24) is 5.32 Å². The van der Waals surface area contributed by atoms with E-state index in [0.29, 0.717) is 5.92 Å². The topological polar surface area (TPSA) is 12.0 Å². The van der Waals surface area contributed by atoms with Crippen molar-refractivity contribution in [1.29, 1.82) is 0 Å². The molecule has 0 amide bonds. The fraction of sp³-hybridized carbons (Fsp3) is 0.647. The second-order valence-electron chi connectivity index (χ2n) is 6.37. The third kappa shape index (κ3) is 5.54. The second kappa shape index (κ2) is 7.31. The Labute approximate surface area is 123 Å². The Morgan fingerprint density at radius 1 is 1.05 bits per heavy atom. The van der Waals surface area contributed by atoms with Crippen LogP contribution in [0.1, 0.15) is 58.9 Å². The van der Waals surface area contributed by atoms with Gasteiger partial charge in [0, 0.05) is 17.1 Å². The maximum absolute atomic E-state index is 6.00. The average molecular weight is 282 g/mol. The monoisotopic (exact) mass is 281 g/mol. The van der Waals surface area contributed by atoms with Crippen LogP contribution in [0.3, 0.4) is 0 Å². The van der Waals surface area contributed by atoms with Gasteiger partial charge in [0.15, 0.2) is 0 Å². The lowest BCUT2D eigenvalue weighted by atomic mass is 9.82. The Balaban J connectivity index is 2.88. The van der Waals surface area contributed by atoms with E-state index in [1.165, 1.54) is 18.4 Å². The maximum atomic E-state index is 6.00. The Morgan fingerprint density at radius 2 is 1.58 bits per heavy atom. The molecule has 1 rings (SSSR count). The van der Waals surface area contributed by atoms with Gasteiger partial charge in [-0.15, -0.1) is 0 Å². The predicted octanol–water partition coefficient (Wildman–Crippen LogP) is 5.25. The molecular weight excluding hydrogens is 254 g/mol. The number of nitrogens with one attached hydrogen (secondary N) is 1. The average Bonchev–Trinajstić information content (AvgIpc) is 2.35. The molecular formula is C17H28ClN. The molecule has 1 aromatic rings. The van der Waals surface area contributed by atoms with E-state index in [0.717, 1.165) is 17.5 Å². The van der Waals surface area contributed by atoms with Crippen molar-refractivity contribution in [2.75, 3.05) is 6.54 Å². The molecule has 0 aromatic heterocycles. The molecule has 0 radical (unpaired) electrons. The van der Waals surface area contributed by atoms with Crippen molar-refractivity contribution >= 4 is 11.6 Å². The first-order valence-corrected chi connectivity index (χ1v) is 7.75. The molecule has 0 bridgehead atoms. The summed E-state index contributed by atoms with van der Waals surface area (Å²) in [6, 6.07) is 8.36. The van der Waals surface area contributed by atoms with Gasteiger partial charge in [-0.1, -0.05) is 50.4 Å². The van der Waals surface area contributed by atoms with Gasteiger partial charge in [-0.2, -0.15) is 0 Å². The van der Waals surface area contributed by atoms with Gasteiger partial charge in [-0.25, -0.2) is 0 Å². The largest absolute Gasteiger partial charge is 0.311 e. The summed E-state index contributed by atoms with van der Waals surface area (Å²) in [4.78, 5) is 0. The van der Waals surface area contributed by atoms with Gasteiger partial charge in [0.05, 0.1) is 0 Å². The van der Waals surface area contributed by atoms with Gasteiger partial charge in [0.2, 0.25) is 0 Å². The lowest BCUT2D eigenvalue weighted by Crippen LogP contribution is -2.40. The van der Waals surface area contributed by atoms with E-state index in [9.17, 15) is 0 Å². The van der Waals surface area contributed by atoms with Crippen molar-refractivity contribution in [2.24, 2.45) is 5.92 Å². The van der Waals surface area contributed by atoms with Gasteiger partial charge in [0.25, 0.3) is 0 Å². The Kier molecular flexibility index (Phi) is 6.35. The summed E-state index contributed by atoms with van der Waals surface area (Å²) in [6.45, 7) is 12.3. The minimum absolute atomic E-state index is 0.163. The molecule has 0 spiro atoms. The molecule has 0 fully saturated rings. The summed E-state index contributed by atoms with van der Waals surface area (Å²) < 4.78 is 0. The molecule has 108 valence electrons. The molecule has 0 saturated heterocycles. The van der Waals surface area contributed by atoms with E-state index in [4.69, 9.17) is 11.6 Å². The number of rotatable bonds is 6. The zero-order chi connectivity index (χ0) is 14.5. The Morgan fingerprint density at radius 3 is 2.00 bits per heavy atom. The van der Waals surface area contributed by atoms with Crippen LogP contribution >= 0.6 is 11.6 Å². The Bertz CT molecular complexity index is 360. The third-order valence-corrected chi connectivity index (χ3v) is 4.02. The smallest absolute Gasteiger partial charge is 0.0406 e. The summed E-state index contributed by atoms with van der Waals surface area (Å²) in [5.74, 6) is 1.28. The minimum Gasteiger partial charge on any atom is -0.311 e. The predicted molar refractivity (Wildman–Crippen MR) is 86.0 cm³/mol. The highest BCUT2D eigenvalue weighted by molar-refractivity contribution is 6.30. The minimum atomic E-state index is 0.163. The Hall–Kier alpha value is -0.530. The van der Waals surface area contributed by atoms with E-state index < -0.39 is 0 Å². The number of benzene rings is 1. The van der Waals surface area contributed by atoms with Crippen LogP contribution in [0, 0.1) is 5.92 Å². The highest BCUT2D eigenvalue weighted by Gasteiger charge is 2.22. The maximum Gasteiger partial charge on any atom is 0.0406 e. The highest BCUT2D eigenvalue weighted by atomic mass is 35.5. The number of hydrogen-bond acceptors (Lipinski definition) is 1. The van der Waals surface area contributed by atoms with Crippen molar-refractivity contribution in [3.63, 3.8) is 0 Å². The van der Waals surface area contributed by atoms with Crippen LogP contribution in [0.15, 0.2) is 24.3 Å². The van der Waals surface area contributed by atoms with E-state index in [1.807, 2.05) is 12.1 Å². The molecule has 1 aromatic carbocycles. The van der Waals surface area contributed by atoms with Crippen molar-refractivity contribution < 1.29 is 0 Å². The summed E-state index contributed by atoms with van der Waals surface area (Å²) in [5, 5.41) is 4.47. The summed E-state index contributed by atoms with van der Waals surface area (Å²) in [6.07, 6.45) is 2.44. The molecule has 2 heteroatoms. The SMILES string of the molecule is CCC(CC)C(CNC(C)(C)C)c1ccc(Cl)cc1. The summed E-state index contributed by atoms with van der Waals surface area (Å²) >= 11 is 6.00. The molecule has 0 saturated carbocycles. The van der Waals surface area contributed by atoms with E-state index >= 15 is 0 Å². The van der Waals surface area contributed by atoms with Crippen LogP contribution in [-0.4, -0.2) is 12.1 Å². The van der Waals surface area contributed by atoms with Crippen molar-refractivity contribution in [3.8, 4) is 0 Å². The van der Waals surface area contributed by atoms with Crippen LogP contribution in [0.4, 0.5) is 0 Å². The molecule has 1 atom stereocenters. The van der Waals surface area contributed by atoms with E-state index in [2.05, 4.69) is 52.1 Å². The first kappa shape index (κ1) is 16.5. The number of halogens is 1. The van der Waals surface area contributed by atoms with Gasteiger partial charge in [-0.05, 0) is 50.3 Å². The molecule has 0 aliphatic heterocycles. The van der Waals surface area contributed by atoms with Crippen molar-refractivity contribution in [2.45, 2.75) is 58.9 Å². The van der Waals surface area contributed by atoms with Crippen LogP contribution < -0.4 is 5.32 Å². The van der Waals surface area contributed by atoms with Crippen molar-refractivity contribution in [3.05, 3.63) is 34.9 Å². The molecule has 0 heterocycles. The fourth-order valence-electron chi connectivity index (χ4n) is 2.54. The molecule has 19 heavy (non-hydrogen) atoms. The van der Waals surface area contributed by atoms with Gasteiger partial charge in [-0.3, -0.25) is 0 Å². The number of hydrogen-bond donors (Lipinski definition) is 1. The van der Waals surface area contributed by atoms with Gasteiger partial charge < -0.3 is 5.32 Å². The zero-order valence-corrected chi connectivity index (χ0v) is 13.7. The van der Waals surface area contributed by atoms with E-state index in [-0.39, 0.29) is 5.54 Å². The first-order chi connectivity index (χ1) is 8.87. The highest BCUT2D eigenvalue weighted by Crippen LogP contribution is 2.30. The summed E-state index contributed by atoms with van der Waals surface area (Å²) in [7, 11) is 0. The lowest BCUT2D eigenvalue weighted by Gasteiger charge is -2.30. The first-order valence-electron chi connectivity index (χ1n) is 7.37. The molecule has 1 N–H and O–H groups in total. The normalized spacial score (nSPS) is 13.8. The molecule has 0 aliphatic rings. The van der Waals surface area contributed by atoms with Crippen LogP contribution in [0.2, 0.25) is 5.02 Å². The van der Waals surface area contributed by atoms with Gasteiger partial charge in [0.1, 0.15) is 0 Å².